The second-order valence-electron chi connectivity index (χ2n) is 5.63. The number of amides is 2. The van der Waals surface area contributed by atoms with Gasteiger partial charge in [-0.25, -0.2) is 0 Å². The number of hydrogen-bond acceptors (Lipinski definition) is 4. The van der Waals surface area contributed by atoms with E-state index in [9.17, 15) is 14.4 Å². The Morgan fingerprint density at radius 2 is 1.68 bits per heavy atom. The molecule has 6 heteroatoms. The number of rotatable bonds is 7. The van der Waals surface area contributed by atoms with Gasteiger partial charge >= 0.3 is 5.97 Å². The van der Waals surface area contributed by atoms with E-state index in [4.69, 9.17) is 10.5 Å². The molecule has 25 heavy (non-hydrogen) atoms. The zero-order valence-electron chi connectivity index (χ0n) is 13.9. The fourth-order valence-electron chi connectivity index (χ4n) is 2.35. The first-order chi connectivity index (χ1) is 12.0. The molecule has 130 valence electrons. The first-order valence-corrected chi connectivity index (χ1v) is 7.86. The van der Waals surface area contributed by atoms with Crippen LogP contribution in [-0.2, 0) is 14.3 Å². The molecule has 0 aliphatic carbocycles. The van der Waals surface area contributed by atoms with Gasteiger partial charge in [-0.1, -0.05) is 49.4 Å². The van der Waals surface area contributed by atoms with Crippen molar-refractivity contribution in [2.24, 2.45) is 5.73 Å². The molecule has 0 aliphatic heterocycles. The van der Waals surface area contributed by atoms with Crippen LogP contribution < -0.4 is 11.1 Å². The number of carbonyl (C=O) groups excluding carboxylic acids is 3. The SMILES string of the molecule is CC(CC(=O)OCC(=O)Nc1ccccc1C(N)=O)c1ccccc1. The van der Waals surface area contributed by atoms with E-state index in [1.165, 1.54) is 6.07 Å². The summed E-state index contributed by atoms with van der Waals surface area (Å²) in [5.41, 5.74) is 6.75. The van der Waals surface area contributed by atoms with Crippen LogP contribution in [0, 0.1) is 0 Å². The highest BCUT2D eigenvalue weighted by atomic mass is 16.5. The van der Waals surface area contributed by atoms with E-state index in [2.05, 4.69) is 5.32 Å². The monoisotopic (exact) mass is 340 g/mol. The fourth-order valence-corrected chi connectivity index (χ4v) is 2.35. The number of nitrogens with one attached hydrogen (secondary N) is 1. The number of ether oxygens (including phenoxy) is 1. The molecule has 0 aliphatic rings. The first-order valence-electron chi connectivity index (χ1n) is 7.86. The zero-order valence-corrected chi connectivity index (χ0v) is 13.9. The van der Waals surface area contributed by atoms with Crippen molar-refractivity contribution < 1.29 is 19.1 Å². The number of carbonyl (C=O) groups is 3. The molecule has 0 saturated heterocycles. The van der Waals surface area contributed by atoms with E-state index in [0.29, 0.717) is 0 Å². The predicted octanol–water partition coefficient (Wildman–Crippen LogP) is 2.46. The van der Waals surface area contributed by atoms with Crippen LogP contribution in [0.4, 0.5) is 5.69 Å². The second kappa shape index (κ2) is 8.63. The Morgan fingerprint density at radius 1 is 1.04 bits per heavy atom. The highest BCUT2D eigenvalue weighted by molar-refractivity contribution is 6.03. The molecule has 1 unspecified atom stereocenters. The number of para-hydroxylation sites is 1. The van der Waals surface area contributed by atoms with E-state index < -0.39 is 24.4 Å². The maximum atomic E-state index is 11.9. The van der Waals surface area contributed by atoms with E-state index in [-0.39, 0.29) is 23.6 Å². The Kier molecular flexibility index (Phi) is 6.28. The number of nitrogens with two attached hydrogens (primary N) is 1. The fraction of sp³-hybridized carbons (Fsp3) is 0.211. The van der Waals surface area contributed by atoms with Crippen molar-refractivity contribution in [3.63, 3.8) is 0 Å². The second-order valence-corrected chi connectivity index (χ2v) is 5.63. The number of anilines is 1. The molecule has 0 aromatic heterocycles. The smallest absolute Gasteiger partial charge is 0.306 e. The van der Waals surface area contributed by atoms with Gasteiger partial charge in [0.05, 0.1) is 17.7 Å². The van der Waals surface area contributed by atoms with Gasteiger partial charge in [-0.2, -0.15) is 0 Å². The topological polar surface area (TPSA) is 98.5 Å². The van der Waals surface area contributed by atoms with Crippen molar-refractivity contribution in [1.82, 2.24) is 0 Å². The minimum Gasteiger partial charge on any atom is -0.456 e. The number of esters is 1. The molecule has 1 atom stereocenters. The van der Waals surface area contributed by atoms with Gasteiger partial charge in [0.2, 0.25) is 0 Å². The average Bonchev–Trinajstić information content (AvgIpc) is 2.61. The van der Waals surface area contributed by atoms with Crippen molar-refractivity contribution >= 4 is 23.5 Å². The van der Waals surface area contributed by atoms with Crippen LogP contribution in [0.5, 0.6) is 0 Å². The molecule has 2 rings (SSSR count). The molecule has 2 amide bonds. The number of primary amides is 1. The third-order valence-corrected chi connectivity index (χ3v) is 3.67. The lowest BCUT2D eigenvalue weighted by Crippen LogP contribution is -2.23. The molecular formula is C19H20N2O4. The lowest BCUT2D eigenvalue weighted by Gasteiger charge is -2.12. The summed E-state index contributed by atoms with van der Waals surface area (Å²) >= 11 is 0. The van der Waals surface area contributed by atoms with Crippen LogP contribution in [0.3, 0.4) is 0 Å². The summed E-state index contributed by atoms with van der Waals surface area (Å²) in [6.45, 7) is 1.49. The molecule has 0 heterocycles. The van der Waals surface area contributed by atoms with E-state index in [1.807, 2.05) is 37.3 Å². The molecular weight excluding hydrogens is 320 g/mol. The van der Waals surface area contributed by atoms with Gasteiger partial charge < -0.3 is 15.8 Å². The lowest BCUT2D eigenvalue weighted by atomic mass is 9.98. The maximum Gasteiger partial charge on any atom is 0.306 e. The van der Waals surface area contributed by atoms with Gasteiger partial charge in [-0.3, -0.25) is 14.4 Å². The van der Waals surface area contributed by atoms with Crippen LogP contribution in [0.25, 0.3) is 0 Å². The highest BCUT2D eigenvalue weighted by Gasteiger charge is 2.15. The summed E-state index contributed by atoms with van der Waals surface area (Å²) < 4.78 is 5.00. The lowest BCUT2D eigenvalue weighted by molar-refractivity contribution is -0.147. The first kappa shape index (κ1) is 18.2. The summed E-state index contributed by atoms with van der Waals surface area (Å²) in [7, 11) is 0. The van der Waals surface area contributed by atoms with Crippen LogP contribution in [0.2, 0.25) is 0 Å². The van der Waals surface area contributed by atoms with Gasteiger partial charge in [0.1, 0.15) is 0 Å². The summed E-state index contributed by atoms with van der Waals surface area (Å²) in [5, 5.41) is 2.52. The highest BCUT2D eigenvalue weighted by Crippen LogP contribution is 2.19. The summed E-state index contributed by atoms with van der Waals surface area (Å²) in [5.74, 6) is -1.65. The molecule has 0 spiro atoms. The zero-order chi connectivity index (χ0) is 18.2. The third-order valence-electron chi connectivity index (χ3n) is 3.67. The molecule has 0 saturated carbocycles. The molecule has 2 aromatic rings. The Balaban J connectivity index is 1.84. The Hall–Kier alpha value is -3.15. The Bertz CT molecular complexity index is 759. The largest absolute Gasteiger partial charge is 0.456 e. The molecule has 0 bridgehead atoms. The van der Waals surface area contributed by atoms with Gasteiger partial charge in [-0.15, -0.1) is 0 Å². The normalized spacial score (nSPS) is 11.4. The molecule has 2 aromatic carbocycles. The van der Waals surface area contributed by atoms with Gasteiger partial charge in [-0.05, 0) is 23.6 Å². The van der Waals surface area contributed by atoms with E-state index >= 15 is 0 Å². The summed E-state index contributed by atoms with van der Waals surface area (Å²) in [4.78, 5) is 35.1. The van der Waals surface area contributed by atoms with Gasteiger partial charge in [0.15, 0.2) is 6.61 Å². The van der Waals surface area contributed by atoms with Crippen molar-refractivity contribution in [3.05, 3.63) is 65.7 Å². The van der Waals surface area contributed by atoms with Crippen LogP contribution >= 0.6 is 0 Å². The molecule has 3 N–H and O–H groups in total. The summed E-state index contributed by atoms with van der Waals surface area (Å²) in [6.07, 6.45) is 0.176. The summed E-state index contributed by atoms with van der Waals surface area (Å²) in [6, 6.07) is 15.9. The maximum absolute atomic E-state index is 11.9. The van der Waals surface area contributed by atoms with Crippen LogP contribution in [0.15, 0.2) is 54.6 Å². The molecule has 6 nitrogen and oxygen atoms in total. The van der Waals surface area contributed by atoms with Gasteiger partial charge in [0, 0.05) is 0 Å². The van der Waals surface area contributed by atoms with E-state index in [0.717, 1.165) is 5.56 Å². The minimum atomic E-state index is -0.649. The van der Waals surface area contributed by atoms with Crippen molar-refractivity contribution in [2.45, 2.75) is 19.3 Å². The Labute approximate surface area is 146 Å². The standard InChI is InChI=1S/C19H20N2O4/c1-13(14-7-3-2-4-8-14)11-18(23)25-12-17(22)21-16-10-6-5-9-15(16)19(20)24/h2-10,13H,11-12H2,1H3,(H2,20,24)(H,21,22). The minimum absolute atomic E-state index is 0.00708. The van der Waals surface area contributed by atoms with Crippen LogP contribution in [0.1, 0.15) is 35.2 Å². The van der Waals surface area contributed by atoms with E-state index in [1.54, 1.807) is 18.2 Å². The van der Waals surface area contributed by atoms with Gasteiger partial charge in [0.25, 0.3) is 11.8 Å². The third kappa shape index (κ3) is 5.46. The molecule has 0 radical (unpaired) electrons. The van der Waals surface area contributed by atoms with Crippen molar-refractivity contribution in [1.29, 1.82) is 0 Å². The van der Waals surface area contributed by atoms with Crippen LogP contribution in [-0.4, -0.2) is 24.4 Å². The number of benzene rings is 2. The Morgan fingerprint density at radius 3 is 2.36 bits per heavy atom. The predicted molar refractivity (Wildman–Crippen MR) is 94.0 cm³/mol. The van der Waals surface area contributed by atoms with Crippen molar-refractivity contribution in [3.8, 4) is 0 Å². The van der Waals surface area contributed by atoms with Crippen molar-refractivity contribution in [2.75, 3.05) is 11.9 Å². The quantitative estimate of drug-likeness (QED) is 0.756. The number of hydrogen-bond donors (Lipinski definition) is 2. The molecule has 0 fully saturated rings. The average molecular weight is 340 g/mol.